The summed E-state index contributed by atoms with van der Waals surface area (Å²) in [7, 11) is 0. The van der Waals surface area contributed by atoms with Gasteiger partial charge in [-0.2, -0.15) is 18.2 Å². The molecule has 6 nitrogen and oxygen atoms in total. The number of para-hydroxylation sites is 1. The molecule has 10 heteroatoms. The van der Waals surface area contributed by atoms with Crippen molar-refractivity contribution in [2.24, 2.45) is 0 Å². The van der Waals surface area contributed by atoms with E-state index in [1.165, 1.54) is 34.2 Å². The molecule has 0 radical (unpaired) electrons. The standard InChI is InChI=1S/C16H9F3N4O2S/c17-16(18,19)15-21-14(22-25-15)9-5-6-23(13(24)7-9)8-12-20-10-3-1-2-4-11(10)26-12/h1-7H,8H2. The first-order chi connectivity index (χ1) is 12.4. The molecule has 0 amide bonds. The average Bonchev–Trinajstić information content (AvgIpc) is 3.22. The van der Waals surface area contributed by atoms with Gasteiger partial charge in [-0.3, -0.25) is 4.79 Å². The topological polar surface area (TPSA) is 73.8 Å². The van der Waals surface area contributed by atoms with E-state index < -0.39 is 17.6 Å². The molecule has 0 aliphatic heterocycles. The SMILES string of the molecule is O=c1cc(-c2noc(C(F)(F)F)n2)ccn1Cc1nc2ccccc2s1. The van der Waals surface area contributed by atoms with Gasteiger partial charge in [0.1, 0.15) is 5.01 Å². The zero-order chi connectivity index (χ0) is 18.3. The molecule has 0 spiro atoms. The molecular weight excluding hydrogens is 369 g/mol. The number of thiazole rings is 1. The zero-order valence-electron chi connectivity index (χ0n) is 12.9. The third-order valence-corrected chi connectivity index (χ3v) is 4.59. The number of halogens is 3. The summed E-state index contributed by atoms with van der Waals surface area (Å²) in [5.41, 5.74) is 0.596. The van der Waals surface area contributed by atoms with Gasteiger partial charge in [-0.25, -0.2) is 4.98 Å². The van der Waals surface area contributed by atoms with Crippen molar-refractivity contribution in [1.82, 2.24) is 19.7 Å². The number of alkyl halides is 3. The van der Waals surface area contributed by atoms with Crippen LogP contribution in [0.4, 0.5) is 13.2 Å². The van der Waals surface area contributed by atoms with Crippen LogP contribution in [0.15, 0.2) is 51.9 Å². The molecule has 4 rings (SSSR count). The van der Waals surface area contributed by atoms with Crippen LogP contribution in [0.25, 0.3) is 21.6 Å². The fraction of sp³-hybridized carbons (Fsp3) is 0.125. The lowest BCUT2D eigenvalue weighted by Crippen LogP contribution is -2.19. The van der Waals surface area contributed by atoms with Crippen LogP contribution in [0.5, 0.6) is 0 Å². The van der Waals surface area contributed by atoms with Gasteiger partial charge in [-0.15, -0.1) is 11.3 Å². The quantitative estimate of drug-likeness (QED) is 0.545. The molecule has 0 fully saturated rings. The summed E-state index contributed by atoms with van der Waals surface area (Å²) in [5.74, 6) is -1.74. The van der Waals surface area contributed by atoms with E-state index in [9.17, 15) is 18.0 Å². The molecule has 0 saturated heterocycles. The molecule has 26 heavy (non-hydrogen) atoms. The maximum Gasteiger partial charge on any atom is 0.471 e. The maximum absolute atomic E-state index is 12.5. The number of fused-ring (bicyclic) bond motifs is 1. The van der Waals surface area contributed by atoms with Gasteiger partial charge in [-0.1, -0.05) is 17.3 Å². The molecule has 0 N–H and O–H groups in total. The molecule has 3 aromatic heterocycles. The molecule has 0 aliphatic carbocycles. The Morgan fingerprint density at radius 1 is 1.15 bits per heavy atom. The van der Waals surface area contributed by atoms with Crippen molar-refractivity contribution < 1.29 is 17.7 Å². The van der Waals surface area contributed by atoms with Crippen LogP contribution in [0.1, 0.15) is 10.9 Å². The summed E-state index contributed by atoms with van der Waals surface area (Å²) < 4.78 is 44.2. The average molecular weight is 378 g/mol. The molecule has 0 aliphatic rings. The van der Waals surface area contributed by atoms with Gasteiger partial charge in [0.05, 0.1) is 16.8 Å². The van der Waals surface area contributed by atoms with Gasteiger partial charge in [0.2, 0.25) is 5.82 Å². The van der Waals surface area contributed by atoms with Crippen molar-refractivity contribution in [3.8, 4) is 11.4 Å². The Kier molecular flexibility index (Phi) is 3.83. The minimum atomic E-state index is -4.73. The summed E-state index contributed by atoms with van der Waals surface area (Å²) in [5, 5.41) is 4.02. The highest BCUT2D eigenvalue weighted by atomic mass is 32.1. The highest BCUT2D eigenvalue weighted by Gasteiger charge is 2.38. The van der Waals surface area contributed by atoms with Crippen LogP contribution in [0.3, 0.4) is 0 Å². The van der Waals surface area contributed by atoms with Crippen molar-refractivity contribution in [3.05, 3.63) is 63.8 Å². The van der Waals surface area contributed by atoms with E-state index in [4.69, 9.17) is 0 Å². The van der Waals surface area contributed by atoms with E-state index in [1.54, 1.807) is 0 Å². The lowest BCUT2D eigenvalue weighted by Gasteiger charge is -2.03. The summed E-state index contributed by atoms with van der Waals surface area (Å²) >= 11 is 1.47. The second kappa shape index (κ2) is 6.06. The maximum atomic E-state index is 12.5. The van der Waals surface area contributed by atoms with E-state index in [1.807, 2.05) is 24.3 Å². The minimum absolute atomic E-state index is 0.148. The van der Waals surface area contributed by atoms with Crippen LogP contribution in [0, 0.1) is 0 Å². The number of benzene rings is 1. The Morgan fingerprint density at radius 3 is 2.65 bits per heavy atom. The predicted molar refractivity (Wildman–Crippen MR) is 87.7 cm³/mol. The number of pyridine rings is 1. The number of hydrogen-bond donors (Lipinski definition) is 0. The van der Waals surface area contributed by atoms with E-state index in [2.05, 4.69) is 19.6 Å². The van der Waals surface area contributed by atoms with Crippen molar-refractivity contribution in [1.29, 1.82) is 0 Å². The summed E-state index contributed by atoms with van der Waals surface area (Å²) in [6.07, 6.45) is -3.26. The highest BCUT2D eigenvalue weighted by molar-refractivity contribution is 7.18. The second-order valence-corrected chi connectivity index (χ2v) is 6.49. The predicted octanol–water partition coefficient (Wildman–Crippen LogP) is 3.58. The van der Waals surface area contributed by atoms with E-state index >= 15 is 0 Å². The first-order valence-corrected chi connectivity index (χ1v) is 8.18. The van der Waals surface area contributed by atoms with Crippen LogP contribution in [-0.2, 0) is 12.7 Å². The molecule has 0 atom stereocenters. The van der Waals surface area contributed by atoms with E-state index in [0.29, 0.717) is 0 Å². The van der Waals surface area contributed by atoms with Gasteiger partial charge in [0.25, 0.3) is 5.56 Å². The Labute approximate surface area is 147 Å². The van der Waals surface area contributed by atoms with Gasteiger partial charge < -0.3 is 9.09 Å². The largest absolute Gasteiger partial charge is 0.471 e. The Bertz CT molecular complexity index is 1110. The van der Waals surface area contributed by atoms with Gasteiger partial charge in [-0.05, 0) is 18.2 Å². The van der Waals surface area contributed by atoms with Crippen LogP contribution in [0.2, 0.25) is 0 Å². The van der Waals surface area contributed by atoms with Crippen molar-refractivity contribution >= 4 is 21.6 Å². The molecular formula is C16H9F3N4O2S. The zero-order valence-corrected chi connectivity index (χ0v) is 13.7. The van der Waals surface area contributed by atoms with Crippen molar-refractivity contribution in [2.75, 3.05) is 0 Å². The Morgan fingerprint density at radius 2 is 1.96 bits per heavy atom. The van der Waals surface area contributed by atoms with Crippen LogP contribution < -0.4 is 5.56 Å². The fourth-order valence-electron chi connectivity index (χ4n) is 2.37. The van der Waals surface area contributed by atoms with Crippen molar-refractivity contribution in [3.63, 3.8) is 0 Å². The molecule has 0 saturated carbocycles. The normalized spacial score (nSPS) is 12.0. The summed E-state index contributed by atoms with van der Waals surface area (Å²) in [6, 6.07) is 10.2. The molecule has 4 aromatic rings. The second-order valence-electron chi connectivity index (χ2n) is 5.38. The van der Waals surface area contributed by atoms with Crippen molar-refractivity contribution in [2.45, 2.75) is 12.7 Å². The Hall–Kier alpha value is -3.01. The third kappa shape index (κ3) is 3.10. The third-order valence-electron chi connectivity index (χ3n) is 3.57. The Balaban J connectivity index is 1.61. The molecule has 0 unspecified atom stereocenters. The number of aromatic nitrogens is 4. The summed E-state index contributed by atoms with van der Waals surface area (Å²) in [6.45, 7) is 0.262. The van der Waals surface area contributed by atoms with Crippen LogP contribution >= 0.6 is 11.3 Å². The first kappa shape index (κ1) is 16.5. The first-order valence-electron chi connectivity index (χ1n) is 7.36. The molecule has 1 aromatic carbocycles. The lowest BCUT2D eigenvalue weighted by atomic mass is 10.2. The van der Waals surface area contributed by atoms with Crippen LogP contribution in [-0.4, -0.2) is 19.7 Å². The molecule has 0 bridgehead atoms. The molecule has 3 heterocycles. The monoisotopic (exact) mass is 378 g/mol. The van der Waals surface area contributed by atoms with E-state index in [0.717, 1.165) is 15.2 Å². The van der Waals surface area contributed by atoms with E-state index in [-0.39, 0.29) is 17.9 Å². The summed E-state index contributed by atoms with van der Waals surface area (Å²) in [4.78, 5) is 20.0. The molecule has 132 valence electrons. The number of nitrogens with zero attached hydrogens (tertiary/aromatic N) is 4. The number of hydrogen-bond acceptors (Lipinski definition) is 6. The number of rotatable bonds is 3. The van der Waals surface area contributed by atoms with Gasteiger partial charge in [0, 0.05) is 17.8 Å². The van der Waals surface area contributed by atoms with Gasteiger partial charge in [0.15, 0.2) is 0 Å². The fourth-order valence-corrected chi connectivity index (χ4v) is 3.33. The minimum Gasteiger partial charge on any atom is -0.329 e. The van der Waals surface area contributed by atoms with Gasteiger partial charge >= 0.3 is 12.1 Å². The smallest absolute Gasteiger partial charge is 0.329 e. The lowest BCUT2D eigenvalue weighted by molar-refractivity contribution is -0.159. The highest BCUT2D eigenvalue weighted by Crippen LogP contribution is 2.29.